The second-order valence-electron chi connectivity index (χ2n) is 4.85. The highest BCUT2D eigenvalue weighted by Gasteiger charge is 2.15. The molecule has 0 aliphatic heterocycles. The predicted octanol–water partition coefficient (Wildman–Crippen LogP) is 3.64. The van der Waals surface area contributed by atoms with Crippen LogP contribution >= 0.6 is 0 Å². The van der Waals surface area contributed by atoms with Gasteiger partial charge in [-0.15, -0.1) is 0 Å². The second kappa shape index (κ2) is 5.93. The van der Waals surface area contributed by atoms with Crippen LogP contribution in [0.2, 0.25) is 0 Å². The van der Waals surface area contributed by atoms with Crippen molar-refractivity contribution in [2.45, 2.75) is 25.3 Å². The van der Waals surface area contributed by atoms with Crippen LogP contribution in [-0.4, -0.2) is 6.04 Å². The normalized spacial score (nSPS) is 14.1. The zero-order valence-electron chi connectivity index (χ0n) is 10.8. The number of hydrogen-bond acceptors (Lipinski definition) is 1. The average Bonchev–Trinajstić information content (AvgIpc) is 2.37. The maximum absolute atomic E-state index is 13.1. The Morgan fingerprint density at radius 2 is 1.58 bits per heavy atom. The molecule has 0 aliphatic carbocycles. The molecule has 2 rings (SSSR count). The summed E-state index contributed by atoms with van der Waals surface area (Å²) in [4.78, 5) is 0. The third kappa shape index (κ3) is 3.61. The molecule has 2 aromatic carbocycles. The van der Waals surface area contributed by atoms with Gasteiger partial charge in [0, 0.05) is 12.1 Å². The van der Waals surface area contributed by atoms with E-state index in [0.29, 0.717) is 12.0 Å². The SMILES string of the molecule is CC(c1ccccc1)C(N)Cc1cc(F)cc(F)c1. The van der Waals surface area contributed by atoms with Crippen molar-refractivity contribution < 1.29 is 8.78 Å². The minimum atomic E-state index is -0.561. The summed E-state index contributed by atoms with van der Waals surface area (Å²) >= 11 is 0. The molecular formula is C16H17F2N. The molecule has 0 amide bonds. The van der Waals surface area contributed by atoms with E-state index in [9.17, 15) is 8.78 Å². The van der Waals surface area contributed by atoms with Gasteiger partial charge >= 0.3 is 0 Å². The Bertz CT molecular complexity index is 519. The first-order valence-corrected chi connectivity index (χ1v) is 6.32. The van der Waals surface area contributed by atoms with Crippen LogP contribution in [0.1, 0.15) is 24.0 Å². The van der Waals surface area contributed by atoms with E-state index in [2.05, 4.69) is 0 Å². The van der Waals surface area contributed by atoms with Gasteiger partial charge in [-0.3, -0.25) is 0 Å². The van der Waals surface area contributed by atoms with E-state index >= 15 is 0 Å². The molecule has 19 heavy (non-hydrogen) atoms. The van der Waals surface area contributed by atoms with Crippen LogP contribution in [-0.2, 0) is 6.42 Å². The van der Waals surface area contributed by atoms with Gasteiger partial charge in [0.1, 0.15) is 11.6 Å². The lowest BCUT2D eigenvalue weighted by Crippen LogP contribution is -2.29. The van der Waals surface area contributed by atoms with Crippen molar-refractivity contribution in [3.05, 3.63) is 71.3 Å². The van der Waals surface area contributed by atoms with E-state index in [4.69, 9.17) is 5.73 Å². The molecule has 0 radical (unpaired) electrons. The highest BCUT2D eigenvalue weighted by Crippen LogP contribution is 2.21. The van der Waals surface area contributed by atoms with Crippen LogP contribution < -0.4 is 5.73 Å². The predicted molar refractivity (Wildman–Crippen MR) is 72.9 cm³/mol. The molecule has 2 aromatic rings. The fourth-order valence-corrected chi connectivity index (χ4v) is 2.18. The lowest BCUT2D eigenvalue weighted by molar-refractivity contribution is 0.549. The summed E-state index contributed by atoms with van der Waals surface area (Å²) in [6, 6.07) is 13.2. The molecule has 0 spiro atoms. The van der Waals surface area contributed by atoms with Gasteiger partial charge < -0.3 is 5.73 Å². The summed E-state index contributed by atoms with van der Waals surface area (Å²) < 4.78 is 26.2. The van der Waals surface area contributed by atoms with Crippen molar-refractivity contribution >= 4 is 0 Å². The van der Waals surface area contributed by atoms with E-state index in [1.54, 1.807) is 0 Å². The maximum atomic E-state index is 13.1. The highest BCUT2D eigenvalue weighted by molar-refractivity contribution is 5.23. The Balaban J connectivity index is 2.10. The molecule has 0 bridgehead atoms. The third-order valence-electron chi connectivity index (χ3n) is 3.36. The van der Waals surface area contributed by atoms with Gasteiger partial charge in [0.05, 0.1) is 0 Å². The number of halogens is 2. The molecule has 2 unspecified atom stereocenters. The molecule has 2 atom stereocenters. The Morgan fingerprint density at radius 3 is 2.16 bits per heavy atom. The quantitative estimate of drug-likeness (QED) is 0.893. The molecule has 0 aromatic heterocycles. The number of hydrogen-bond donors (Lipinski definition) is 1. The number of benzene rings is 2. The molecule has 0 aliphatic rings. The van der Waals surface area contributed by atoms with Gasteiger partial charge in [-0.05, 0) is 35.6 Å². The van der Waals surface area contributed by atoms with Crippen LogP contribution in [0, 0.1) is 11.6 Å². The van der Waals surface area contributed by atoms with Gasteiger partial charge in [0.25, 0.3) is 0 Å². The maximum Gasteiger partial charge on any atom is 0.126 e. The van der Waals surface area contributed by atoms with Crippen LogP contribution in [0.25, 0.3) is 0 Å². The standard InChI is InChI=1S/C16H17F2N/c1-11(13-5-3-2-4-6-13)16(19)9-12-7-14(17)10-15(18)8-12/h2-8,10-11,16H,9,19H2,1H3. The first-order valence-electron chi connectivity index (χ1n) is 6.32. The van der Waals surface area contributed by atoms with Gasteiger partial charge in [-0.25, -0.2) is 8.78 Å². The fraction of sp³-hybridized carbons (Fsp3) is 0.250. The summed E-state index contributed by atoms with van der Waals surface area (Å²) in [5, 5.41) is 0. The van der Waals surface area contributed by atoms with Crippen LogP contribution in [0.3, 0.4) is 0 Å². The molecule has 0 heterocycles. The van der Waals surface area contributed by atoms with Gasteiger partial charge in [-0.2, -0.15) is 0 Å². The number of rotatable bonds is 4. The molecule has 0 saturated heterocycles. The second-order valence-corrected chi connectivity index (χ2v) is 4.85. The molecule has 3 heteroatoms. The zero-order valence-corrected chi connectivity index (χ0v) is 10.8. The molecule has 100 valence electrons. The van der Waals surface area contributed by atoms with Crippen molar-refractivity contribution in [3.8, 4) is 0 Å². The van der Waals surface area contributed by atoms with E-state index in [1.807, 2.05) is 37.3 Å². The fourth-order valence-electron chi connectivity index (χ4n) is 2.18. The van der Waals surface area contributed by atoms with Crippen LogP contribution in [0.4, 0.5) is 8.78 Å². The van der Waals surface area contributed by atoms with E-state index in [-0.39, 0.29) is 12.0 Å². The van der Waals surface area contributed by atoms with Crippen LogP contribution in [0.15, 0.2) is 48.5 Å². The summed E-state index contributed by atoms with van der Waals surface area (Å²) in [7, 11) is 0. The van der Waals surface area contributed by atoms with Gasteiger partial charge in [0.15, 0.2) is 0 Å². The summed E-state index contributed by atoms with van der Waals surface area (Å²) in [6.45, 7) is 2.02. The highest BCUT2D eigenvalue weighted by atomic mass is 19.1. The average molecular weight is 261 g/mol. The first-order chi connectivity index (χ1) is 9.06. The summed E-state index contributed by atoms with van der Waals surface area (Å²) in [6.07, 6.45) is 0.449. The Hall–Kier alpha value is -1.74. The first kappa shape index (κ1) is 13.7. The van der Waals surface area contributed by atoms with E-state index in [1.165, 1.54) is 12.1 Å². The summed E-state index contributed by atoms with van der Waals surface area (Å²) in [5.41, 5.74) is 7.86. The summed E-state index contributed by atoms with van der Waals surface area (Å²) in [5.74, 6) is -0.989. The van der Waals surface area contributed by atoms with Gasteiger partial charge in [-0.1, -0.05) is 37.3 Å². The monoisotopic (exact) mass is 261 g/mol. The smallest absolute Gasteiger partial charge is 0.126 e. The molecule has 2 N–H and O–H groups in total. The van der Waals surface area contributed by atoms with Gasteiger partial charge in [0.2, 0.25) is 0 Å². The molecule has 0 saturated carbocycles. The molecule has 0 fully saturated rings. The van der Waals surface area contributed by atoms with Crippen molar-refractivity contribution in [2.24, 2.45) is 5.73 Å². The minimum Gasteiger partial charge on any atom is -0.327 e. The Labute approximate surface area is 112 Å². The zero-order chi connectivity index (χ0) is 13.8. The minimum absolute atomic E-state index is 0.132. The third-order valence-corrected chi connectivity index (χ3v) is 3.36. The Morgan fingerprint density at radius 1 is 1.00 bits per heavy atom. The lowest BCUT2D eigenvalue weighted by atomic mass is 9.90. The molecule has 1 nitrogen and oxygen atoms in total. The van der Waals surface area contributed by atoms with Crippen LogP contribution in [0.5, 0.6) is 0 Å². The number of nitrogens with two attached hydrogens (primary N) is 1. The van der Waals surface area contributed by atoms with Crippen molar-refractivity contribution in [3.63, 3.8) is 0 Å². The Kier molecular flexibility index (Phi) is 4.27. The van der Waals surface area contributed by atoms with E-state index in [0.717, 1.165) is 11.6 Å². The van der Waals surface area contributed by atoms with Crippen molar-refractivity contribution in [1.82, 2.24) is 0 Å². The molecular weight excluding hydrogens is 244 g/mol. The largest absolute Gasteiger partial charge is 0.327 e. The van der Waals surface area contributed by atoms with Crippen molar-refractivity contribution in [1.29, 1.82) is 0 Å². The van der Waals surface area contributed by atoms with E-state index < -0.39 is 11.6 Å². The lowest BCUT2D eigenvalue weighted by Gasteiger charge is -2.20. The topological polar surface area (TPSA) is 26.0 Å². The van der Waals surface area contributed by atoms with Crippen molar-refractivity contribution in [2.75, 3.05) is 0 Å².